The third-order valence-electron chi connectivity index (χ3n) is 3.96. The van der Waals surface area contributed by atoms with E-state index in [4.69, 9.17) is 4.42 Å². The Bertz CT molecular complexity index is 833. The molecule has 0 radical (unpaired) electrons. The van der Waals surface area contributed by atoms with Crippen molar-refractivity contribution in [2.24, 2.45) is 0 Å². The van der Waals surface area contributed by atoms with Crippen LogP contribution in [0.3, 0.4) is 0 Å². The van der Waals surface area contributed by atoms with Crippen LogP contribution in [-0.4, -0.2) is 56.6 Å². The number of aryl methyl sites for hydroxylation is 1. The van der Waals surface area contributed by atoms with Crippen molar-refractivity contribution < 1.29 is 9.21 Å². The average molecular weight is 312 g/mol. The van der Waals surface area contributed by atoms with Gasteiger partial charge in [0, 0.05) is 26.2 Å². The number of carbonyl (C=O) groups is 1. The normalized spacial score (nSPS) is 15.3. The molecule has 23 heavy (non-hydrogen) atoms. The molecule has 1 amide bonds. The summed E-state index contributed by atoms with van der Waals surface area (Å²) in [5.41, 5.74) is 0.731. The maximum atomic E-state index is 12.3. The lowest BCUT2D eigenvalue weighted by Gasteiger charge is -2.35. The fraction of sp³-hybridized carbons (Fsp3) is 0.333. The molecular weight excluding hydrogens is 296 g/mol. The van der Waals surface area contributed by atoms with Gasteiger partial charge in [-0.05, 0) is 19.1 Å². The molecule has 118 valence electrons. The fourth-order valence-electron chi connectivity index (χ4n) is 2.82. The summed E-state index contributed by atoms with van der Waals surface area (Å²) in [6.07, 6.45) is 4.99. The Hall–Kier alpha value is -2.90. The van der Waals surface area contributed by atoms with Gasteiger partial charge in [-0.1, -0.05) is 0 Å². The Kier molecular flexibility index (Phi) is 3.22. The number of hydrogen-bond acceptors (Lipinski definition) is 6. The zero-order chi connectivity index (χ0) is 15.8. The van der Waals surface area contributed by atoms with E-state index < -0.39 is 0 Å². The van der Waals surface area contributed by atoms with Gasteiger partial charge in [0.2, 0.25) is 0 Å². The first-order chi connectivity index (χ1) is 11.2. The zero-order valence-electron chi connectivity index (χ0n) is 12.7. The summed E-state index contributed by atoms with van der Waals surface area (Å²) < 4.78 is 6.98. The van der Waals surface area contributed by atoms with Crippen LogP contribution in [0.1, 0.15) is 16.4 Å². The van der Waals surface area contributed by atoms with E-state index in [9.17, 15) is 4.79 Å². The minimum absolute atomic E-state index is 0.0671. The van der Waals surface area contributed by atoms with Crippen LogP contribution in [0.2, 0.25) is 0 Å². The molecular formula is C15H16N6O2. The van der Waals surface area contributed by atoms with Gasteiger partial charge >= 0.3 is 0 Å². The standard InChI is InChI=1S/C15H16N6O2/c1-11-17-13-9-16-10-14(21(13)18-11)19-4-6-20(7-5-19)15(22)12-3-2-8-23-12/h2-3,8-10H,4-7H2,1H3. The highest BCUT2D eigenvalue weighted by Crippen LogP contribution is 2.17. The van der Waals surface area contributed by atoms with Crippen LogP contribution < -0.4 is 4.90 Å². The second-order valence-corrected chi connectivity index (χ2v) is 5.45. The summed E-state index contributed by atoms with van der Waals surface area (Å²) >= 11 is 0. The van der Waals surface area contributed by atoms with Crippen LogP contribution in [0.4, 0.5) is 5.82 Å². The van der Waals surface area contributed by atoms with E-state index in [0.717, 1.165) is 11.5 Å². The number of anilines is 1. The van der Waals surface area contributed by atoms with E-state index in [1.807, 2.05) is 6.92 Å². The topological polar surface area (TPSA) is 79.8 Å². The second-order valence-electron chi connectivity index (χ2n) is 5.45. The van der Waals surface area contributed by atoms with Gasteiger partial charge in [-0.3, -0.25) is 9.78 Å². The van der Waals surface area contributed by atoms with E-state index in [0.29, 0.717) is 37.8 Å². The molecule has 0 N–H and O–H groups in total. The molecule has 1 fully saturated rings. The Labute approximate surface area is 132 Å². The molecule has 1 saturated heterocycles. The Morgan fingerprint density at radius 3 is 2.78 bits per heavy atom. The highest BCUT2D eigenvalue weighted by atomic mass is 16.3. The predicted octanol–water partition coefficient (Wildman–Crippen LogP) is 0.988. The number of aromatic nitrogens is 4. The van der Waals surface area contributed by atoms with E-state index in [-0.39, 0.29) is 5.91 Å². The number of furan rings is 1. The van der Waals surface area contributed by atoms with Crippen LogP contribution >= 0.6 is 0 Å². The number of hydrogen-bond donors (Lipinski definition) is 0. The third kappa shape index (κ3) is 2.41. The summed E-state index contributed by atoms with van der Waals surface area (Å²) in [6, 6.07) is 3.42. The largest absolute Gasteiger partial charge is 0.459 e. The molecule has 1 aliphatic rings. The Morgan fingerprint density at radius 1 is 1.22 bits per heavy atom. The molecule has 0 spiro atoms. The quantitative estimate of drug-likeness (QED) is 0.702. The van der Waals surface area contributed by atoms with Gasteiger partial charge in [-0.25, -0.2) is 4.98 Å². The number of nitrogens with zero attached hydrogens (tertiary/aromatic N) is 6. The van der Waals surface area contributed by atoms with Gasteiger partial charge < -0.3 is 14.2 Å². The summed E-state index contributed by atoms with van der Waals surface area (Å²) in [5.74, 6) is 1.93. The molecule has 3 aromatic heterocycles. The highest BCUT2D eigenvalue weighted by molar-refractivity contribution is 5.91. The first-order valence-electron chi connectivity index (χ1n) is 7.47. The first-order valence-corrected chi connectivity index (χ1v) is 7.47. The van der Waals surface area contributed by atoms with Gasteiger partial charge in [-0.15, -0.1) is 5.10 Å². The molecule has 0 aliphatic carbocycles. The van der Waals surface area contributed by atoms with Crippen molar-refractivity contribution in [3.05, 3.63) is 42.4 Å². The molecule has 0 bridgehead atoms. The lowest BCUT2D eigenvalue weighted by atomic mass is 10.3. The maximum Gasteiger partial charge on any atom is 0.289 e. The van der Waals surface area contributed by atoms with Gasteiger partial charge in [-0.2, -0.15) is 4.52 Å². The molecule has 0 atom stereocenters. The molecule has 4 rings (SSSR count). The van der Waals surface area contributed by atoms with Gasteiger partial charge in [0.25, 0.3) is 5.91 Å². The molecule has 3 aromatic rings. The van der Waals surface area contributed by atoms with Crippen molar-refractivity contribution >= 4 is 17.4 Å². The number of piperazine rings is 1. The SMILES string of the molecule is Cc1nc2cncc(N3CCN(C(=O)c4ccco4)CC3)n2n1. The smallest absolute Gasteiger partial charge is 0.289 e. The number of rotatable bonds is 2. The van der Waals surface area contributed by atoms with E-state index >= 15 is 0 Å². The summed E-state index contributed by atoms with van der Waals surface area (Å²) in [4.78, 5) is 24.8. The molecule has 0 unspecified atom stereocenters. The van der Waals surface area contributed by atoms with Crippen molar-refractivity contribution in [3.63, 3.8) is 0 Å². The van der Waals surface area contributed by atoms with Crippen LogP contribution in [-0.2, 0) is 0 Å². The molecule has 4 heterocycles. The van der Waals surface area contributed by atoms with E-state index in [2.05, 4.69) is 20.0 Å². The number of amides is 1. The minimum Gasteiger partial charge on any atom is -0.459 e. The lowest BCUT2D eigenvalue weighted by molar-refractivity contribution is 0.0714. The molecule has 0 aromatic carbocycles. The van der Waals surface area contributed by atoms with Crippen LogP contribution in [0.15, 0.2) is 35.2 Å². The van der Waals surface area contributed by atoms with Crippen LogP contribution in [0, 0.1) is 6.92 Å². The van der Waals surface area contributed by atoms with Crippen molar-refractivity contribution in [1.82, 2.24) is 24.5 Å². The first kappa shape index (κ1) is 13.7. The van der Waals surface area contributed by atoms with Crippen LogP contribution in [0.5, 0.6) is 0 Å². The van der Waals surface area contributed by atoms with Gasteiger partial charge in [0.05, 0.1) is 18.7 Å². The summed E-state index contributed by atoms with van der Waals surface area (Å²) in [6.45, 7) is 4.54. The zero-order valence-corrected chi connectivity index (χ0v) is 12.7. The Morgan fingerprint density at radius 2 is 2.04 bits per heavy atom. The predicted molar refractivity (Wildman–Crippen MR) is 82.3 cm³/mol. The maximum absolute atomic E-state index is 12.3. The highest BCUT2D eigenvalue weighted by Gasteiger charge is 2.25. The Balaban J connectivity index is 1.52. The molecule has 8 nitrogen and oxygen atoms in total. The molecule has 0 saturated carbocycles. The van der Waals surface area contributed by atoms with Crippen molar-refractivity contribution in [1.29, 1.82) is 0 Å². The minimum atomic E-state index is -0.0671. The second kappa shape index (κ2) is 5.38. The van der Waals surface area contributed by atoms with Crippen molar-refractivity contribution in [3.8, 4) is 0 Å². The van der Waals surface area contributed by atoms with Gasteiger partial charge in [0.1, 0.15) is 5.82 Å². The van der Waals surface area contributed by atoms with E-state index in [1.54, 1.807) is 33.9 Å². The molecule has 8 heteroatoms. The summed E-state index contributed by atoms with van der Waals surface area (Å²) in [7, 11) is 0. The van der Waals surface area contributed by atoms with Crippen molar-refractivity contribution in [2.45, 2.75) is 6.92 Å². The molecule has 1 aliphatic heterocycles. The monoisotopic (exact) mass is 312 g/mol. The van der Waals surface area contributed by atoms with Crippen LogP contribution in [0.25, 0.3) is 5.65 Å². The number of carbonyl (C=O) groups excluding carboxylic acids is 1. The number of fused-ring (bicyclic) bond motifs is 1. The van der Waals surface area contributed by atoms with E-state index in [1.165, 1.54) is 6.26 Å². The average Bonchev–Trinajstić information content (AvgIpc) is 3.22. The lowest BCUT2D eigenvalue weighted by Crippen LogP contribution is -2.49. The van der Waals surface area contributed by atoms with Gasteiger partial charge in [0.15, 0.2) is 17.2 Å². The summed E-state index contributed by atoms with van der Waals surface area (Å²) in [5, 5.41) is 4.41. The third-order valence-corrected chi connectivity index (χ3v) is 3.96. The fourth-order valence-corrected chi connectivity index (χ4v) is 2.82. The van der Waals surface area contributed by atoms with Crippen molar-refractivity contribution in [2.75, 3.05) is 31.1 Å².